The van der Waals surface area contributed by atoms with Crippen LogP contribution in [0.25, 0.3) is 0 Å². The second-order valence-corrected chi connectivity index (χ2v) is 6.17. The zero-order chi connectivity index (χ0) is 19.9. The number of anilines is 1. The second-order valence-electron chi connectivity index (χ2n) is 5.76. The first kappa shape index (κ1) is 19.3. The third kappa shape index (κ3) is 5.02. The van der Waals surface area contributed by atoms with Crippen LogP contribution >= 0.6 is 11.6 Å². The van der Waals surface area contributed by atoms with Crippen LogP contribution in [0.3, 0.4) is 0 Å². The van der Waals surface area contributed by atoms with Gasteiger partial charge in [-0.1, -0.05) is 35.9 Å². The Kier molecular flexibility index (Phi) is 6.14. The summed E-state index contributed by atoms with van der Waals surface area (Å²) in [7, 11) is 0. The number of rotatable bonds is 5. The number of amides is 2. The number of hydrazone groups is 1. The zero-order valence-corrected chi connectivity index (χ0v) is 15.3. The molecule has 3 aromatic rings. The minimum absolute atomic E-state index is 0.306. The van der Waals surface area contributed by atoms with E-state index in [9.17, 15) is 14.0 Å². The Morgan fingerprint density at radius 3 is 2.39 bits per heavy atom. The Morgan fingerprint density at radius 1 is 0.893 bits per heavy atom. The Labute approximate surface area is 165 Å². The Hall–Kier alpha value is -3.51. The highest BCUT2D eigenvalue weighted by molar-refractivity contribution is 6.33. The van der Waals surface area contributed by atoms with Crippen LogP contribution in [0.4, 0.5) is 10.1 Å². The van der Waals surface area contributed by atoms with E-state index in [2.05, 4.69) is 15.8 Å². The molecule has 0 saturated carbocycles. The van der Waals surface area contributed by atoms with Crippen molar-refractivity contribution >= 4 is 35.3 Å². The molecule has 2 amide bonds. The lowest BCUT2D eigenvalue weighted by atomic mass is 10.1. The monoisotopic (exact) mass is 395 g/mol. The Bertz CT molecular complexity index is 1040. The SMILES string of the molecule is O=C(N/N=C/c1ccccc1Cl)c1cccc(NC(=O)c2ccc(F)cc2)c1. The standard InChI is InChI=1S/C21H15ClFN3O2/c22-19-7-2-1-4-16(19)13-24-26-21(28)15-5-3-6-18(12-15)25-20(27)14-8-10-17(23)11-9-14/h1-13H,(H,25,27)(H,26,28)/b24-13+. The molecule has 5 nitrogen and oxygen atoms in total. The van der Waals surface area contributed by atoms with Crippen molar-refractivity contribution in [3.63, 3.8) is 0 Å². The van der Waals surface area contributed by atoms with Gasteiger partial charge in [0.15, 0.2) is 0 Å². The minimum Gasteiger partial charge on any atom is -0.322 e. The van der Waals surface area contributed by atoms with Gasteiger partial charge in [-0.25, -0.2) is 9.82 Å². The summed E-state index contributed by atoms with van der Waals surface area (Å²) in [5, 5.41) is 7.08. The molecule has 3 rings (SSSR count). The smallest absolute Gasteiger partial charge is 0.271 e. The van der Waals surface area contributed by atoms with Gasteiger partial charge in [0.05, 0.1) is 6.21 Å². The predicted molar refractivity (Wildman–Crippen MR) is 107 cm³/mol. The van der Waals surface area contributed by atoms with E-state index >= 15 is 0 Å². The maximum atomic E-state index is 13.0. The van der Waals surface area contributed by atoms with Gasteiger partial charge < -0.3 is 5.32 Å². The van der Waals surface area contributed by atoms with E-state index in [1.807, 2.05) is 6.07 Å². The van der Waals surface area contributed by atoms with E-state index < -0.39 is 17.6 Å². The van der Waals surface area contributed by atoms with Gasteiger partial charge in [0.2, 0.25) is 0 Å². The summed E-state index contributed by atoms with van der Waals surface area (Å²) in [6, 6.07) is 18.6. The number of hydrogen-bond acceptors (Lipinski definition) is 3. The first-order valence-corrected chi connectivity index (χ1v) is 8.65. The molecule has 0 saturated heterocycles. The van der Waals surface area contributed by atoms with Gasteiger partial charge in [-0.05, 0) is 48.5 Å². The minimum atomic E-state index is -0.443. The molecule has 0 atom stereocenters. The lowest BCUT2D eigenvalue weighted by Crippen LogP contribution is -2.18. The highest BCUT2D eigenvalue weighted by Gasteiger charge is 2.09. The molecule has 0 heterocycles. The third-order valence-corrected chi connectivity index (χ3v) is 4.11. The van der Waals surface area contributed by atoms with Crippen LogP contribution in [0, 0.1) is 5.82 Å². The number of carbonyl (C=O) groups excluding carboxylic acids is 2. The molecule has 0 spiro atoms. The molecule has 7 heteroatoms. The van der Waals surface area contributed by atoms with Gasteiger partial charge >= 0.3 is 0 Å². The van der Waals surface area contributed by atoms with Gasteiger partial charge in [-0.2, -0.15) is 5.10 Å². The molecule has 0 aliphatic heterocycles. The van der Waals surface area contributed by atoms with Crippen LogP contribution in [-0.2, 0) is 0 Å². The lowest BCUT2D eigenvalue weighted by molar-refractivity contribution is 0.0953. The van der Waals surface area contributed by atoms with Crippen LogP contribution in [0.5, 0.6) is 0 Å². The lowest BCUT2D eigenvalue weighted by Gasteiger charge is -2.07. The number of nitrogens with zero attached hydrogens (tertiary/aromatic N) is 1. The van der Waals surface area contributed by atoms with Crippen molar-refractivity contribution in [2.75, 3.05) is 5.32 Å². The normalized spacial score (nSPS) is 10.6. The fourth-order valence-electron chi connectivity index (χ4n) is 2.35. The van der Waals surface area contributed by atoms with Crippen molar-refractivity contribution in [3.8, 4) is 0 Å². The number of halogens is 2. The van der Waals surface area contributed by atoms with Crippen LogP contribution in [0.15, 0.2) is 77.9 Å². The Balaban J connectivity index is 1.65. The van der Waals surface area contributed by atoms with Crippen LogP contribution in [0.2, 0.25) is 5.02 Å². The molecular formula is C21H15ClFN3O2. The van der Waals surface area contributed by atoms with Crippen molar-refractivity contribution in [3.05, 3.63) is 100 Å². The molecule has 0 bridgehead atoms. The largest absolute Gasteiger partial charge is 0.322 e. The van der Waals surface area contributed by atoms with Crippen molar-refractivity contribution in [1.29, 1.82) is 0 Å². The van der Waals surface area contributed by atoms with E-state index in [4.69, 9.17) is 11.6 Å². The Morgan fingerprint density at radius 2 is 1.64 bits per heavy atom. The topological polar surface area (TPSA) is 70.6 Å². The molecule has 0 radical (unpaired) electrons. The van der Waals surface area contributed by atoms with E-state index in [1.165, 1.54) is 36.5 Å². The summed E-state index contributed by atoms with van der Waals surface area (Å²) >= 11 is 6.02. The summed E-state index contributed by atoms with van der Waals surface area (Å²) in [4.78, 5) is 24.5. The molecule has 28 heavy (non-hydrogen) atoms. The summed E-state index contributed by atoms with van der Waals surface area (Å²) in [6.07, 6.45) is 1.44. The van der Waals surface area contributed by atoms with Gasteiger partial charge in [-0.3, -0.25) is 9.59 Å². The molecule has 0 aliphatic rings. The molecule has 0 fully saturated rings. The first-order chi connectivity index (χ1) is 13.5. The highest BCUT2D eigenvalue weighted by Crippen LogP contribution is 2.14. The molecular weight excluding hydrogens is 381 g/mol. The van der Waals surface area contributed by atoms with Crippen molar-refractivity contribution in [1.82, 2.24) is 5.43 Å². The van der Waals surface area contributed by atoms with Crippen molar-refractivity contribution < 1.29 is 14.0 Å². The number of benzene rings is 3. The molecule has 0 aliphatic carbocycles. The van der Waals surface area contributed by atoms with Crippen molar-refractivity contribution in [2.24, 2.45) is 5.10 Å². The fraction of sp³-hybridized carbons (Fsp3) is 0. The number of nitrogens with one attached hydrogen (secondary N) is 2. The van der Waals surface area contributed by atoms with E-state index in [0.29, 0.717) is 27.4 Å². The van der Waals surface area contributed by atoms with Crippen LogP contribution in [0.1, 0.15) is 26.3 Å². The average molecular weight is 396 g/mol. The maximum Gasteiger partial charge on any atom is 0.271 e. The maximum absolute atomic E-state index is 13.0. The van der Waals surface area contributed by atoms with Gasteiger partial charge in [-0.15, -0.1) is 0 Å². The molecule has 0 unspecified atom stereocenters. The molecule has 140 valence electrons. The summed E-state index contributed by atoms with van der Waals surface area (Å²) in [5.74, 6) is -1.27. The van der Waals surface area contributed by atoms with E-state index in [0.717, 1.165) is 0 Å². The van der Waals surface area contributed by atoms with E-state index in [1.54, 1.807) is 36.4 Å². The number of carbonyl (C=O) groups is 2. The van der Waals surface area contributed by atoms with Crippen molar-refractivity contribution in [2.45, 2.75) is 0 Å². The number of hydrogen-bond donors (Lipinski definition) is 2. The molecule has 3 aromatic carbocycles. The quantitative estimate of drug-likeness (QED) is 0.493. The van der Waals surface area contributed by atoms with Gasteiger partial charge in [0.25, 0.3) is 11.8 Å². The first-order valence-electron chi connectivity index (χ1n) is 8.28. The summed E-state index contributed by atoms with van der Waals surface area (Å²) in [5.41, 5.74) is 4.13. The van der Waals surface area contributed by atoms with E-state index in [-0.39, 0.29) is 0 Å². The van der Waals surface area contributed by atoms with Crippen LogP contribution in [-0.4, -0.2) is 18.0 Å². The average Bonchev–Trinajstić information content (AvgIpc) is 2.70. The summed E-state index contributed by atoms with van der Waals surface area (Å²) < 4.78 is 13.0. The predicted octanol–water partition coefficient (Wildman–Crippen LogP) is 4.50. The fourth-order valence-corrected chi connectivity index (χ4v) is 2.53. The van der Waals surface area contributed by atoms with Crippen LogP contribution < -0.4 is 10.7 Å². The van der Waals surface area contributed by atoms with Gasteiger partial charge in [0.1, 0.15) is 5.82 Å². The molecule has 2 N–H and O–H groups in total. The molecule has 0 aromatic heterocycles. The van der Waals surface area contributed by atoms with Gasteiger partial charge in [0, 0.05) is 27.4 Å². The summed E-state index contributed by atoms with van der Waals surface area (Å²) in [6.45, 7) is 0. The second kappa shape index (κ2) is 8.92. The zero-order valence-electron chi connectivity index (χ0n) is 14.5. The highest BCUT2D eigenvalue weighted by atomic mass is 35.5. The third-order valence-electron chi connectivity index (χ3n) is 3.76.